The van der Waals surface area contributed by atoms with Gasteiger partial charge in [0, 0.05) is 19.7 Å². The Kier molecular flexibility index (Phi) is 4.69. The van der Waals surface area contributed by atoms with Crippen LogP contribution in [0.2, 0.25) is 0 Å². The highest BCUT2D eigenvalue weighted by molar-refractivity contribution is 7.17. The molecule has 0 aliphatic heterocycles. The summed E-state index contributed by atoms with van der Waals surface area (Å²) < 4.78 is 6.67. The maximum absolute atomic E-state index is 11.8. The topological polar surface area (TPSA) is 86.1 Å². The van der Waals surface area contributed by atoms with E-state index in [0.29, 0.717) is 10.0 Å². The van der Waals surface area contributed by atoms with E-state index in [4.69, 9.17) is 4.74 Å². The molecule has 21 heavy (non-hydrogen) atoms. The number of rotatable bonds is 6. The Morgan fingerprint density at radius 3 is 2.76 bits per heavy atom. The highest BCUT2D eigenvalue weighted by Crippen LogP contribution is 2.27. The van der Waals surface area contributed by atoms with Crippen LogP contribution in [0.15, 0.2) is 12.4 Å². The van der Waals surface area contributed by atoms with E-state index in [-0.39, 0.29) is 18.1 Å². The lowest BCUT2D eigenvalue weighted by Gasteiger charge is -1.99. The van der Waals surface area contributed by atoms with Gasteiger partial charge >= 0.3 is 5.97 Å². The summed E-state index contributed by atoms with van der Waals surface area (Å²) in [6, 6.07) is 0. The van der Waals surface area contributed by atoms with Crippen molar-refractivity contribution < 1.29 is 14.3 Å². The molecule has 0 fully saturated rings. The van der Waals surface area contributed by atoms with Crippen molar-refractivity contribution >= 4 is 33.9 Å². The summed E-state index contributed by atoms with van der Waals surface area (Å²) in [6.45, 7) is 6.07. The molecular weight excluding hydrogens is 292 g/mol. The molecule has 8 heteroatoms. The van der Waals surface area contributed by atoms with E-state index < -0.39 is 5.97 Å². The molecule has 0 atom stereocenters. The maximum atomic E-state index is 11.8. The van der Waals surface area contributed by atoms with Crippen LogP contribution in [-0.4, -0.2) is 33.1 Å². The summed E-state index contributed by atoms with van der Waals surface area (Å²) in [5.74, 6) is -0.802. The molecule has 0 saturated heterocycles. The van der Waals surface area contributed by atoms with E-state index in [0.717, 1.165) is 23.6 Å². The molecule has 112 valence electrons. The number of carbonyl (C=O) groups is 2. The van der Waals surface area contributed by atoms with Crippen LogP contribution < -0.4 is 5.32 Å². The molecule has 0 spiro atoms. The Morgan fingerprint density at radius 1 is 1.43 bits per heavy atom. The third-order valence-electron chi connectivity index (χ3n) is 2.62. The zero-order chi connectivity index (χ0) is 15.4. The highest BCUT2D eigenvalue weighted by Gasteiger charge is 2.22. The van der Waals surface area contributed by atoms with E-state index in [1.165, 1.54) is 6.92 Å². The Morgan fingerprint density at radius 2 is 2.19 bits per heavy atom. The van der Waals surface area contributed by atoms with Crippen LogP contribution in [0.1, 0.15) is 40.9 Å². The quantitative estimate of drug-likeness (QED) is 0.651. The van der Waals surface area contributed by atoms with Gasteiger partial charge in [-0.3, -0.25) is 9.48 Å². The fourth-order valence-electron chi connectivity index (χ4n) is 1.67. The number of ketones is 1. The van der Waals surface area contributed by atoms with E-state index in [1.807, 2.05) is 13.1 Å². The van der Waals surface area contributed by atoms with Gasteiger partial charge in [0.05, 0.1) is 18.5 Å². The molecule has 0 aliphatic rings. The minimum Gasteiger partial charge on any atom is -0.461 e. The third-order valence-corrected chi connectivity index (χ3v) is 3.70. The van der Waals surface area contributed by atoms with Gasteiger partial charge in [-0.25, -0.2) is 9.78 Å². The second-order valence-electron chi connectivity index (χ2n) is 4.18. The molecule has 0 aromatic carbocycles. The van der Waals surface area contributed by atoms with Gasteiger partial charge in [-0.1, -0.05) is 11.3 Å². The lowest BCUT2D eigenvalue weighted by molar-refractivity contribution is 0.0517. The lowest BCUT2D eigenvalue weighted by atomic mass is 10.3. The van der Waals surface area contributed by atoms with Crippen molar-refractivity contribution in [3.05, 3.63) is 23.0 Å². The second-order valence-corrected chi connectivity index (χ2v) is 5.18. The fraction of sp³-hybridized carbons (Fsp3) is 0.385. The molecule has 1 N–H and O–H groups in total. The Labute approximate surface area is 125 Å². The standard InChI is InChI=1S/C13H16N4O3S/c1-4-17-7-9(6-14-17)15-13-16-10(12(19)20-5-2)11(21-13)8(3)18/h6-7H,4-5H2,1-3H3,(H,15,16). The zero-order valence-electron chi connectivity index (χ0n) is 12.0. The van der Waals surface area contributed by atoms with Crippen LogP contribution in [0.5, 0.6) is 0 Å². The van der Waals surface area contributed by atoms with Crippen molar-refractivity contribution in [3.63, 3.8) is 0 Å². The largest absolute Gasteiger partial charge is 0.461 e. The van der Waals surface area contributed by atoms with Gasteiger partial charge in [0.2, 0.25) is 0 Å². The van der Waals surface area contributed by atoms with E-state index >= 15 is 0 Å². The van der Waals surface area contributed by atoms with Crippen LogP contribution in [-0.2, 0) is 11.3 Å². The number of carbonyl (C=O) groups excluding carboxylic acids is 2. The number of aromatic nitrogens is 3. The summed E-state index contributed by atoms with van der Waals surface area (Å²) >= 11 is 1.12. The van der Waals surface area contributed by atoms with Crippen molar-refractivity contribution in [2.45, 2.75) is 27.3 Å². The van der Waals surface area contributed by atoms with Crippen molar-refractivity contribution in [1.82, 2.24) is 14.8 Å². The smallest absolute Gasteiger partial charge is 0.358 e. The minimum absolute atomic E-state index is 0.0553. The Bertz CT molecular complexity index is 662. The molecule has 2 heterocycles. The van der Waals surface area contributed by atoms with E-state index in [9.17, 15) is 9.59 Å². The molecule has 0 saturated carbocycles. The highest BCUT2D eigenvalue weighted by atomic mass is 32.1. The first kappa shape index (κ1) is 15.2. The first-order valence-electron chi connectivity index (χ1n) is 6.53. The lowest BCUT2D eigenvalue weighted by Crippen LogP contribution is -2.09. The molecule has 2 rings (SSSR count). The molecule has 0 amide bonds. The number of Topliss-reactive ketones (excluding diaryl/α,β-unsaturated/α-hetero) is 1. The first-order chi connectivity index (χ1) is 10.0. The number of nitrogens with zero attached hydrogens (tertiary/aromatic N) is 3. The molecule has 0 aliphatic carbocycles. The monoisotopic (exact) mass is 308 g/mol. The van der Waals surface area contributed by atoms with Gasteiger partial charge < -0.3 is 10.1 Å². The van der Waals surface area contributed by atoms with Gasteiger partial charge in [0.25, 0.3) is 0 Å². The van der Waals surface area contributed by atoms with Gasteiger partial charge in [-0.2, -0.15) is 5.10 Å². The minimum atomic E-state index is -0.587. The average molecular weight is 308 g/mol. The number of anilines is 2. The van der Waals surface area contributed by atoms with Gasteiger partial charge in [0.1, 0.15) is 4.88 Å². The summed E-state index contributed by atoms with van der Waals surface area (Å²) in [5, 5.41) is 7.62. The van der Waals surface area contributed by atoms with Crippen molar-refractivity contribution in [1.29, 1.82) is 0 Å². The number of hydrogen-bond acceptors (Lipinski definition) is 7. The van der Waals surface area contributed by atoms with Crippen LogP contribution in [0.4, 0.5) is 10.8 Å². The van der Waals surface area contributed by atoms with E-state index in [2.05, 4.69) is 15.4 Å². The van der Waals surface area contributed by atoms with Crippen molar-refractivity contribution in [2.24, 2.45) is 0 Å². The normalized spacial score (nSPS) is 10.4. The predicted molar refractivity (Wildman–Crippen MR) is 79.3 cm³/mol. The summed E-state index contributed by atoms with van der Waals surface area (Å²) in [6.07, 6.45) is 3.47. The Balaban J connectivity index is 2.26. The van der Waals surface area contributed by atoms with Crippen LogP contribution in [0.25, 0.3) is 0 Å². The van der Waals surface area contributed by atoms with Crippen LogP contribution in [0, 0.1) is 0 Å². The number of ether oxygens (including phenoxy) is 1. The second kappa shape index (κ2) is 6.49. The number of esters is 1. The molecule has 0 radical (unpaired) electrons. The predicted octanol–water partition coefficient (Wildman–Crippen LogP) is 2.48. The molecule has 0 unspecified atom stereocenters. The molecule has 2 aromatic heterocycles. The SMILES string of the molecule is CCOC(=O)c1nc(Nc2cnn(CC)c2)sc1C(C)=O. The third kappa shape index (κ3) is 3.46. The van der Waals surface area contributed by atoms with E-state index in [1.54, 1.807) is 17.8 Å². The number of aryl methyl sites for hydroxylation is 1. The number of hydrogen-bond donors (Lipinski definition) is 1. The number of nitrogens with one attached hydrogen (secondary N) is 1. The summed E-state index contributed by atoms with van der Waals surface area (Å²) in [7, 11) is 0. The van der Waals surface area contributed by atoms with Crippen molar-refractivity contribution in [3.8, 4) is 0 Å². The van der Waals surface area contributed by atoms with Crippen molar-refractivity contribution in [2.75, 3.05) is 11.9 Å². The molecular formula is C13H16N4O3S. The van der Waals surface area contributed by atoms with Crippen LogP contribution in [0.3, 0.4) is 0 Å². The average Bonchev–Trinajstić information content (AvgIpc) is 3.06. The molecule has 0 bridgehead atoms. The zero-order valence-corrected chi connectivity index (χ0v) is 12.9. The number of thiazole rings is 1. The van der Waals surface area contributed by atoms with Gasteiger partial charge in [-0.15, -0.1) is 0 Å². The Hall–Kier alpha value is -2.22. The maximum Gasteiger partial charge on any atom is 0.358 e. The van der Waals surface area contributed by atoms with Gasteiger partial charge in [0.15, 0.2) is 16.6 Å². The first-order valence-corrected chi connectivity index (χ1v) is 7.35. The summed E-state index contributed by atoms with van der Waals surface area (Å²) in [5.41, 5.74) is 0.802. The molecule has 7 nitrogen and oxygen atoms in total. The van der Waals surface area contributed by atoms with Crippen LogP contribution >= 0.6 is 11.3 Å². The van der Waals surface area contributed by atoms with Gasteiger partial charge in [-0.05, 0) is 13.8 Å². The molecule has 2 aromatic rings. The fourth-order valence-corrected chi connectivity index (χ4v) is 2.54. The summed E-state index contributed by atoms with van der Waals surface area (Å²) in [4.78, 5) is 27.9.